The second kappa shape index (κ2) is 7.09. The minimum Gasteiger partial charge on any atom is -0.438 e. The van der Waals surface area contributed by atoms with E-state index in [2.05, 4.69) is 12.1 Å². The van der Waals surface area contributed by atoms with Gasteiger partial charge in [-0.2, -0.15) is 0 Å². The smallest absolute Gasteiger partial charge is 0.227 e. The van der Waals surface area contributed by atoms with Crippen LogP contribution in [-0.4, -0.2) is 30.8 Å². The molecule has 0 saturated heterocycles. The van der Waals surface area contributed by atoms with E-state index in [0.29, 0.717) is 5.90 Å². The van der Waals surface area contributed by atoms with Crippen LogP contribution in [0.2, 0.25) is 0 Å². The van der Waals surface area contributed by atoms with E-state index in [1.807, 2.05) is 86.4 Å². The highest BCUT2D eigenvalue weighted by Crippen LogP contribution is 2.31. The van der Waals surface area contributed by atoms with Crippen LogP contribution in [0.1, 0.15) is 18.1 Å². The lowest BCUT2D eigenvalue weighted by Crippen LogP contribution is -2.14. The molecular formula is C21H21N2O+. The lowest BCUT2D eigenvalue weighted by atomic mass is 10.0. The van der Waals surface area contributed by atoms with Crippen molar-refractivity contribution in [2.45, 2.75) is 6.92 Å². The van der Waals surface area contributed by atoms with Gasteiger partial charge in [-0.05, 0) is 19.1 Å². The number of benzene rings is 2. The highest BCUT2D eigenvalue weighted by Gasteiger charge is 2.20. The Labute approximate surface area is 143 Å². The fraction of sp³-hybridized carbons (Fsp3) is 0.143. The Kier molecular flexibility index (Phi) is 4.71. The summed E-state index contributed by atoms with van der Waals surface area (Å²) in [5.74, 6) is 1.44. The van der Waals surface area contributed by atoms with Gasteiger partial charge in [-0.1, -0.05) is 48.5 Å². The van der Waals surface area contributed by atoms with Gasteiger partial charge in [-0.3, -0.25) is 0 Å². The van der Waals surface area contributed by atoms with Crippen molar-refractivity contribution in [3.63, 3.8) is 0 Å². The van der Waals surface area contributed by atoms with Crippen LogP contribution >= 0.6 is 0 Å². The topological polar surface area (TPSA) is 24.6 Å². The monoisotopic (exact) mass is 317 g/mol. The van der Waals surface area contributed by atoms with Gasteiger partial charge in [0.25, 0.3) is 0 Å². The Morgan fingerprint density at radius 3 is 2.04 bits per heavy atom. The van der Waals surface area contributed by atoms with E-state index in [-0.39, 0.29) is 0 Å². The lowest BCUT2D eigenvalue weighted by Gasteiger charge is -2.20. The van der Waals surface area contributed by atoms with Gasteiger partial charge in [-0.15, -0.1) is 0 Å². The molecule has 2 aromatic carbocycles. The van der Waals surface area contributed by atoms with Crippen molar-refractivity contribution >= 4 is 17.8 Å². The third kappa shape index (κ3) is 3.51. The molecule has 3 rings (SSSR count). The summed E-state index contributed by atoms with van der Waals surface area (Å²) in [6, 6.07) is 20.2. The van der Waals surface area contributed by atoms with Crippen molar-refractivity contribution in [2.24, 2.45) is 4.99 Å². The number of nitrogens with zero attached hydrogens (tertiary/aromatic N) is 2. The molecule has 2 aromatic rings. The van der Waals surface area contributed by atoms with E-state index in [9.17, 15) is 0 Å². The molecule has 0 bridgehead atoms. The first-order valence-electron chi connectivity index (χ1n) is 7.95. The van der Waals surface area contributed by atoms with Crippen molar-refractivity contribution in [2.75, 3.05) is 14.1 Å². The van der Waals surface area contributed by atoms with Crippen molar-refractivity contribution in [3.8, 4) is 0 Å². The van der Waals surface area contributed by atoms with Crippen LogP contribution in [-0.2, 0) is 4.74 Å². The molecule has 3 heteroatoms. The molecule has 1 aliphatic heterocycles. The Morgan fingerprint density at radius 2 is 1.46 bits per heavy atom. The number of hydrogen-bond donors (Lipinski definition) is 0. The number of rotatable bonds is 3. The number of allylic oxidation sites excluding steroid dienone is 2. The highest BCUT2D eigenvalue weighted by atomic mass is 16.5. The van der Waals surface area contributed by atoms with Crippen LogP contribution in [0, 0.1) is 0 Å². The minimum atomic E-state index is 0.624. The molecule has 1 heterocycles. The predicted molar refractivity (Wildman–Crippen MR) is 99.4 cm³/mol. The summed E-state index contributed by atoms with van der Waals surface area (Å²) >= 11 is 0. The third-order valence-corrected chi connectivity index (χ3v) is 3.74. The summed E-state index contributed by atoms with van der Waals surface area (Å²) in [6.45, 7) is 2.04. The van der Waals surface area contributed by atoms with Crippen LogP contribution in [0.25, 0.3) is 5.70 Å². The highest BCUT2D eigenvalue weighted by molar-refractivity contribution is 6.01. The van der Waals surface area contributed by atoms with Crippen LogP contribution < -0.4 is 0 Å². The summed E-state index contributed by atoms with van der Waals surface area (Å²) in [5.41, 5.74) is 4.02. The summed E-state index contributed by atoms with van der Waals surface area (Å²) in [4.78, 5) is 4.79. The molecule has 0 N–H and O–H groups in total. The fourth-order valence-corrected chi connectivity index (χ4v) is 2.46. The van der Waals surface area contributed by atoms with E-state index in [1.54, 1.807) is 0 Å². The molecule has 0 fully saturated rings. The maximum atomic E-state index is 6.08. The zero-order valence-electron chi connectivity index (χ0n) is 14.2. The first-order chi connectivity index (χ1) is 11.6. The number of ether oxygens (including phenoxy) is 1. The normalized spacial score (nSPS) is 15.8. The summed E-state index contributed by atoms with van der Waals surface area (Å²) in [5, 5.41) is 0. The average Bonchev–Trinajstić information content (AvgIpc) is 2.62. The minimum absolute atomic E-state index is 0.624. The second-order valence-corrected chi connectivity index (χ2v) is 5.87. The molecule has 0 saturated carbocycles. The molecule has 1 aliphatic rings. The molecule has 0 unspecified atom stereocenters. The van der Waals surface area contributed by atoms with Crippen LogP contribution in [0.4, 0.5) is 0 Å². The van der Waals surface area contributed by atoms with Gasteiger partial charge < -0.3 is 4.74 Å². The molecule has 3 nitrogen and oxygen atoms in total. The predicted octanol–water partition coefficient (Wildman–Crippen LogP) is 4.12. The number of aliphatic imine (C=N–C) groups is 1. The summed E-state index contributed by atoms with van der Waals surface area (Å²) < 4.78 is 8.07. The van der Waals surface area contributed by atoms with E-state index in [0.717, 1.165) is 28.2 Å². The Bertz CT molecular complexity index is 840. The quantitative estimate of drug-likeness (QED) is 0.617. The molecular weight excluding hydrogens is 296 g/mol. The largest absolute Gasteiger partial charge is 0.438 e. The van der Waals surface area contributed by atoms with Crippen LogP contribution in [0.15, 0.2) is 83.1 Å². The SMILES string of the molecule is CC1=C(c2ccccc2)N=C(c2ccccc2)OC1=CC=[N+](C)C. The summed E-state index contributed by atoms with van der Waals surface area (Å²) in [6.07, 6.45) is 3.96. The van der Waals surface area contributed by atoms with Gasteiger partial charge in [0.1, 0.15) is 19.9 Å². The lowest BCUT2D eigenvalue weighted by molar-refractivity contribution is -0.458. The van der Waals surface area contributed by atoms with Gasteiger partial charge in [0.2, 0.25) is 5.90 Å². The first-order valence-corrected chi connectivity index (χ1v) is 7.95. The van der Waals surface area contributed by atoms with E-state index in [1.165, 1.54) is 0 Å². The van der Waals surface area contributed by atoms with Crippen LogP contribution in [0.3, 0.4) is 0 Å². The molecule has 0 spiro atoms. The maximum absolute atomic E-state index is 6.08. The molecule has 0 radical (unpaired) electrons. The zero-order chi connectivity index (χ0) is 16.9. The maximum Gasteiger partial charge on any atom is 0.227 e. The molecule has 0 aliphatic carbocycles. The van der Waals surface area contributed by atoms with Crippen molar-refractivity contribution < 1.29 is 9.31 Å². The standard InChI is InChI=1S/C21H21N2O/c1-16-19(14-15-23(2)3)24-21(18-12-8-5-9-13-18)22-20(16)17-10-6-4-7-11-17/h4-15H,1-3H3/q+1. The third-order valence-electron chi connectivity index (χ3n) is 3.74. The van der Waals surface area contributed by atoms with Crippen LogP contribution in [0.5, 0.6) is 0 Å². The Hall–Kier alpha value is -2.94. The van der Waals surface area contributed by atoms with Gasteiger partial charge in [0.05, 0.1) is 5.70 Å². The zero-order valence-corrected chi connectivity index (χ0v) is 14.2. The molecule has 24 heavy (non-hydrogen) atoms. The van der Waals surface area contributed by atoms with Crippen molar-refractivity contribution in [1.82, 2.24) is 0 Å². The average molecular weight is 317 g/mol. The number of hydrogen-bond acceptors (Lipinski definition) is 2. The van der Waals surface area contributed by atoms with E-state index in [4.69, 9.17) is 9.73 Å². The van der Waals surface area contributed by atoms with Gasteiger partial charge in [-0.25, -0.2) is 9.57 Å². The molecule has 0 atom stereocenters. The van der Waals surface area contributed by atoms with E-state index >= 15 is 0 Å². The van der Waals surface area contributed by atoms with Gasteiger partial charge in [0.15, 0.2) is 6.21 Å². The van der Waals surface area contributed by atoms with Crippen molar-refractivity contribution in [3.05, 3.63) is 89.2 Å². The van der Waals surface area contributed by atoms with Crippen molar-refractivity contribution in [1.29, 1.82) is 0 Å². The van der Waals surface area contributed by atoms with E-state index < -0.39 is 0 Å². The Balaban J connectivity index is 2.13. The molecule has 0 aromatic heterocycles. The molecule has 120 valence electrons. The fourth-order valence-electron chi connectivity index (χ4n) is 2.46. The second-order valence-electron chi connectivity index (χ2n) is 5.87. The Morgan fingerprint density at radius 1 is 0.875 bits per heavy atom. The van der Waals surface area contributed by atoms with Gasteiger partial charge >= 0.3 is 0 Å². The first kappa shape index (κ1) is 15.9. The molecule has 0 amide bonds. The van der Waals surface area contributed by atoms with Gasteiger partial charge in [0, 0.05) is 22.8 Å². The summed E-state index contributed by atoms with van der Waals surface area (Å²) in [7, 11) is 3.98.